The first-order valence-electron chi connectivity index (χ1n) is 5.72. The summed E-state index contributed by atoms with van der Waals surface area (Å²) in [6.07, 6.45) is 0. The highest BCUT2D eigenvalue weighted by atomic mass is 16.5. The Hall–Kier alpha value is -1.76. The summed E-state index contributed by atoms with van der Waals surface area (Å²) in [5, 5.41) is 7.28. The summed E-state index contributed by atoms with van der Waals surface area (Å²) in [5.74, 6) is 0.223. The van der Waals surface area contributed by atoms with Crippen LogP contribution in [0, 0.1) is 0 Å². The first-order chi connectivity index (χ1) is 8.52. The maximum absolute atomic E-state index is 11.7. The predicted molar refractivity (Wildman–Crippen MR) is 68.7 cm³/mol. The molecule has 0 radical (unpaired) electrons. The van der Waals surface area contributed by atoms with Gasteiger partial charge in [0.15, 0.2) is 5.82 Å². The number of nitrogens with two attached hydrogens (primary N) is 1. The van der Waals surface area contributed by atoms with Crippen molar-refractivity contribution < 1.29 is 14.3 Å². The lowest BCUT2D eigenvalue weighted by atomic mass is 10.3. The van der Waals surface area contributed by atoms with Gasteiger partial charge < -0.3 is 20.5 Å². The number of nitrogen functional groups attached to an aromatic ring is 1. The molecular formula is C11H20N4O3. The zero-order chi connectivity index (χ0) is 13.7. The Balaban J connectivity index is 3.06. The second-order valence-corrected chi connectivity index (χ2v) is 4.06. The number of esters is 1. The molecule has 0 aliphatic heterocycles. The molecule has 1 rings (SSSR count). The first kappa shape index (κ1) is 14.3. The molecule has 18 heavy (non-hydrogen) atoms. The van der Waals surface area contributed by atoms with E-state index in [2.05, 4.69) is 10.4 Å². The van der Waals surface area contributed by atoms with Gasteiger partial charge in [-0.3, -0.25) is 0 Å². The van der Waals surface area contributed by atoms with E-state index in [0.29, 0.717) is 24.8 Å². The molecule has 0 amide bonds. The van der Waals surface area contributed by atoms with E-state index in [1.165, 1.54) is 7.11 Å². The van der Waals surface area contributed by atoms with E-state index in [9.17, 15) is 4.79 Å². The molecule has 1 aromatic rings. The number of nitrogens with zero attached hydrogens (tertiary/aromatic N) is 2. The van der Waals surface area contributed by atoms with Crippen LogP contribution in [0.15, 0.2) is 0 Å². The molecule has 0 saturated carbocycles. The molecule has 0 fully saturated rings. The highest BCUT2D eigenvalue weighted by Gasteiger charge is 2.23. The third kappa shape index (κ3) is 2.92. The quantitative estimate of drug-likeness (QED) is 0.580. The van der Waals surface area contributed by atoms with E-state index in [0.717, 1.165) is 0 Å². The van der Waals surface area contributed by atoms with E-state index in [1.807, 2.05) is 13.8 Å². The molecule has 102 valence electrons. The maximum atomic E-state index is 11.7. The standard InChI is InChI=1S/C11H20N4O3/c1-7(2)15-9(12)8(11(16)18-4)10(14-15)13-5-6-17-3/h7H,5-6,12H2,1-4H3,(H,13,14). The van der Waals surface area contributed by atoms with Gasteiger partial charge in [0.05, 0.1) is 13.7 Å². The van der Waals surface area contributed by atoms with Crippen LogP contribution >= 0.6 is 0 Å². The number of ether oxygens (including phenoxy) is 2. The van der Waals surface area contributed by atoms with Crippen molar-refractivity contribution in [2.24, 2.45) is 0 Å². The molecule has 1 aromatic heterocycles. The van der Waals surface area contributed by atoms with E-state index in [4.69, 9.17) is 15.2 Å². The van der Waals surface area contributed by atoms with Crippen LogP contribution in [0.3, 0.4) is 0 Å². The lowest BCUT2D eigenvalue weighted by Crippen LogP contribution is -2.12. The molecule has 0 aliphatic carbocycles. The van der Waals surface area contributed by atoms with Gasteiger partial charge in [-0.1, -0.05) is 0 Å². The molecule has 0 aliphatic rings. The van der Waals surface area contributed by atoms with Gasteiger partial charge in [-0.15, -0.1) is 0 Å². The molecule has 0 saturated heterocycles. The molecule has 0 atom stereocenters. The third-order valence-corrected chi connectivity index (χ3v) is 2.42. The van der Waals surface area contributed by atoms with E-state index in [-0.39, 0.29) is 11.6 Å². The number of anilines is 2. The van der Waals surface area contributed by atoms with Crippen molar-refractivity contribution in [2.75, 3.05) is 38.4 Å². The minimum Gasteiger partial charge on any atom is -0.465 e. The van der Waals surface area contributed by atoms with E-state index >= 15 is 0 Å². The molecular weight excluding hydrogens is 236 g/mol. The van der Waals surface area contributed by atoms with Crippen molar-refractivity contribution in [3.8, 4) is 0 Å². The number of carbonyl (C=O) groups is 1. The van der Waals surface area contributed by atoms with Gasteiger partial charge in [-0.05, 0) is 13.8 Å². The number of aromatic nitrogens is 2. The van der Waals surface area contributed by atoms with Gasteiger partial charge in [-0.2, -0.15) is 5.10 Å². The normalized spacial score (nSPS) is 10.7. The van der Waals surface area contributed by atoms with Crippen LogP contribution in [0.25, 0.3) is 0 Å². The van der Waals surface area contributed by atoms with Gasteiger partial charge in [0.25, 0.3) is 0 Å². The van der Waals surface area contributed by atoms with Crippen LogP contribution in [0.2, 0.25) is 0 Å². The number of rotatable bonds is 6. The van der Waals surface area contributed by atoms with Gasteiger partial charge in [0.2, 0.25) is 0 Å². The Morgan fingerprint density at radius 2 is 2.17 bits per heavy atom. The van der Waals surface area contributed by atoms with Crippen molar-refractivity contribution in [1.82, 2.24) is 9.78 Å². The summed E-state index contributed by atoms with van der Waals surface area (Å²) in [6, 6.07) is 0.0615. The maximum Gasteiger partial charge on any atom is 0.345 e. The Labute approximate surface area is 106 Å². The van der Waals surface area contributed by atoms with Crippen molar-refractivity contribution >= 4 is 17.6 Å². The number of carbonyl (C=O) groups excluding carboxylic acids is 1. The van der Waals surface area contributed by atoms with Crippen molar-refractivity contribution in [2.45, 2.75) is 19.9 Å². The van der Waals surface area contributed by atoms with Gasteiger partial charge >= 0.3 is 5.97 Å². The Morgan fingerprint density at radius 3 is 2.67 bits per heavy atom. The molecule has 0 bridgehead atoms. The summed E-state index contributed by atoms with van der Waals surface area (Å²) < 4.78 is 11.2. The Morgan fingerprint density at radius 1 is 1.50 bits per heavy atom. The average Bonchev–Trinajstić information content (AvgIpc) is 2.66. The monoisotopic (exact) mass is 256 g/mol. The lowest BCUT2D eigenvalue weighted by molar-refractivity contribution is 0.0603. The van der Waals surface area contributed by atoms with Crippen LogP contribution < -0.4 is 11.1 Å². The molecule has 3 N–H and O–H groups in total. The zero-order valence-corrected chi connectivity index (χ0v) is 11.2. The summed E-state index contributed by atoms with van der Waals surface area (Å²) in [4.78, 5) is 11.7. The molecule has 0 aromatic carbocycles. The summed E-state index contributed by atoms with van der Waals surface area (Å²) in [6.45, 7) is 4.91. The van der Waals surface area contributed by atoms with Gasteiger partial charge in [0.1, 0.15) is 11.4 Å². The number of hydrogen-bond acceptors (Lipinski definition) is 6. The zero-order valence-electron chi connectivity index (χ0n) is 11.2. The van der Waals surface area contributed by atoms with Crippen LogP contribution in [0.4, 0.5) is 11.6 Å². The topological polar surface area (TPSA) is 91.4 Å². The molecule has 7 nitrogen and oxygen atoms in total. The molecule has 0 unspecified atom stereocenters. The third-order valence-electron chi connectivity index (χ3n) is 2.42. The Kier molecular flexibility index (Phi) is 4.96. The smallest absolute Gasteiger partial charge is 0.345 e. The fourth-order valence-corrected chi connectivity index (χ4v) is 1.54. The molecule has 1 heterocycles. The van der Waals surface area contributed by atoms with Gasteiger partial charge in [0, 0.05) is 19.7 Å². The summed E-state index contributed by atoms with van der Waals surface area (Å²) in [5.41, 5.74) is 6.18. The van der Waals surface area contributed by atoms with Crippen molar-refractivity contribution in [3.63, 3.8) is 0 Å². The summed E-state index contributed by atoms with van der Waals surface area (Å²) in [7, 11) is 2.91. The van der Waals surface area contributed by atoms with Crippen LogP contribution in [0.5, 0.6) is 0 Å². The minimum atomic E-state index is -0.501. The van der Waals surface area contributed by atoms with Crippen LogP contribution in [-0.2, 0) is 9.47 Å². The minimum absolute atomic E-state index is 0.0615. The second-order valence-electron chi connectivity index (χ2n) is 4.06. The lowest BCUT2D eigenvalue weighted by Gasteiger charge is -2.07. The fourth-order valence-electron chi connectivity index (χ4n) is 1.54. The molecule has 7 heteroatoms. The highest BCUT2D eigenvalue weighted by Crippen LogP contribution is 2.25. The van der Waals surface area contributed by atoms with Crippen LogP contribution in [-0.4, -0.2) is 43.1 Å². The number of hydrogen-bond donors (Lipinski definition) is 2. The number of methoxy groups -OCH3 is 2. The van der Waals surface area contributed by atoms with Crippen molar-refractivity contribution in [1.29, 1.82) is 0 Å². The fraction of sp³-hybridized carbons (Fsp3) is 0.636. The molecule has 0 spiro atoms. The van der Waals surface area contributed by atoms with E-state index in [1.54, 1.807) is 11.8 Å². The predicted octanol–water partition coefficient (Wildman–Crippen LogP) is 0.891. The average molecular weight is 256 g/mol. The highest BCUT2D eigenvalue weighted by molar-refractivity contribution is 5.99. The van der Waals surface area contributed by atoms with Crippen molar-refractivity contribution in [3.05, 3.63) is 5.56 Å². The largest absolute Gasteiger partial charge is 0.465 e. The van der Waals surface area contributed by atoms with Crippen LogP contribution in [0.1, 0.15) is 30.2 Å². The Bertz CT molecular complexity index is 415. The number of nitrogens with one attached hydrogen (secondary N) is 1. The van der Waals surface area contributed by atoms with E-state index < -0.39 is 5.97 Å². The van der Waals surface area contributed by atoms with Gasteiger partial charge in [-0.25, -0.2) is 9.48 Å². The first-order valence-corrected chi connectivity index (χ1v) is 5.72. The second kappa shape index (κ2) is 6.25. The SMILES string of the molecule is COCCNc1nn(C(C)C)c(N)c1C(=O)OC. The summed E-state index contributed by atoms with van der Waals surface area (Å²) >= 11 is 0.